The van der Waals surface area contributed by atoms with Crippen molar-refractivity contribution in [2.45, 2.75) is 46.2 Å². The van der Waals surface area contributed by atoms with Crippen LogP contribution in [0.15, 0.2) is 0 Å². The molecule has 2 fully saturated rings. The van der Waals surface area contributed by atoms with Crippen molar-refractivity contribution in [1.29, 1.82) is 0 Å². The lowest BCUT2D eigenvalue weighted by Crippen LogP contribution is -2.50. The molecule has 0 aromatic carbocycles. The van der Waals surface area contributed by atoms with Gasteiger partial charge < -0.3 is 10.6 Å². The molecule has 0 aromatic heterocycles. The minimum atomic E-state index is -0.499. The van der Waals surface area contributed by atoms with Gasteiger partial charge in [0.15, 0.2) is 0 Å². The van der Waals surface area contributed by atoms with Crippen LogP contribution in [0.5, 0.6) is 0 Å². The highest BCUT2D eigenvalue weighted by Crippen LogP contribution is 2.44. The van der Waals surface area contributed by atoms with Gasteiger partial charge in [-0.1, -0.05) is 27.7 Å². The Kier molecular flexibility index (Phi) is 1.77. The van der Waals surface area contributed by atoms with Crippen LogP contribution in [0.2, 0.25) is 0 Å². The number of hydrogen-bond acceptors (Lipinski definition) is 2. The van der Waals surface area contributed by atoms with Gasteiger partial charge in [-0.3, -0.25) is 9.59 Å². The molecule has 4 heteroatoms. The van der Waals surface area contributed by atoms with E-state index in [9.17, 15) is 9.59 Å². The average Bonchev–Trinajstić information content (AvgIpc) is 2.31. The van der Waals surface area contributed by atoms with Crippen LogP contribution in [0.1, 0.15) is 40.5 Å². The molecule has 0 aliphatic carbocycles. The Bertz CT molecular complexity index is 310. The highest BCUT2D eigenvalue weighted by atomic mass is 16.2. The van der Waals surface area contributed by atoms with Gasteiger partial charge in [-0.2, -0.15) is 0 Å². The Balaban J connectivity index is 2.27. The first kappa shape index (κ1) is 10.5. The van der Waals surface area contributed by atoms with Gasteiger partial charge in [-0.05, 0) is 0 Å². The first-order valence-corrected chi connectivity index (χ1v) is 5.32. The van der Waals surface area contributed by atoms with Crippen molar-refractivity contribution >= 4 is 11.8 Å². The number of rotatable bonds is 0. The summed E-state index contributed by atoms with van der Waals surface area (Å²) in [4.78, 5) is 23.4. The number of hydrogen-bond donors (Lipinski definition) is 2. The molecule has 0 aromatic rings. The fourth-order valence-corrected chi connectivity index (χ4v) is 2.71. The van der Waals surface area contributed by atoms with Gasteiger partial charge in [-0.25, -0.2) is 0 Å². The van der Waals surface area contributed by atoms with Gasteiger partial charge in [-0.15, -0.1) is 0 Å². The summed E-state index contributed by atoms with van der Waals surface area (Å²) in [6.07, 6.45) is 1.35. The molecule has 0 radical (unpaired) electrons. The second-order valence-corrected chi connectivity index (χ2v) is 6.11. The van der Waals surface area contributed by atoms with E-state index in [1.54, 1.807) is 0 Å². The summed E-state index contributed by atoms with van der Waals surface area (Å²) in [5.74, 6) is 0.0565. The van der Waals surface area contributed by atoms with Crippen LogP contribution in [-0.2, 0) is 9.59 Å². The van der Waals surface area contributed by atoms with E-state index in [0.717, 1.165) is 0 Å². The smallest absolute Gasteiger partial charge is 0.227 e. The van der Waals surface area contributed by atoms with Crippen LogP contribution in [0, 0.1) is 10.8 Å². The molecular weight excluding hydrogens is 192 g/mol. The quantitative estimate of drug-likeness (QED) is 0.620. The average molecular weight is 210 g/mol. The molecule has 2 saturated heterocycles. The third kappa shape index (κ3) is 1.43. The first-order valence-electron chi connectivity index (χ1n) is 5.32. The van der Waals surface area contributed by atoms with E-state index < -0.39 is 5.66 Å². The van der Waals surface area contributed by atoms with E-state index in [0.29, 0.717) is 12.8 Å². The van der Waals surface area contributed by atoms with Gasteiger partial charge in [0.05, 0.1) is 0 Å². The van der Waals surface area contributed by atoms with Crippen molar-refractivity contribution in [2.24, 2.45) is 10.8 Å². The maximum Gasteiger partial charge on any atom is 0.227 e. The zero-order valence-electron chi connectivity index (χ0n) is 9.73. The summed E-state index contributed by atoms with van der Waals surface area (Å²) in [5, 5.41) is 5.87. The number of carbonyl (C=O) groups excluding carboxylic acids is 2. The first-order chi connectivity index (χ1) is 6.67. The van der Waals surface area contributed by atoms with E-state index in [1.807, 2.05) is 27.7 Å². The molecule has 2 heterocycles. The summed E-state index contributed by atoms with van der Waals surface area (Å²) in [5.41, 5.74) is -1.26. The van der Waals surface area contributed by atoms with Gasteiger partial charge in [0.25, 0.3) is 0 Å². The van der Waals surface area contributed by atoms with Gasteiger partial charge >= 0.3 is 0 Å². The lowest BCUT2D eigenvalue weighted by atomic mass is 9.82. The number of nitrogens with one attached hydrogen (secondary N) is 2. The Morgan fingerprint density at radius 3 is 1.40 bits per heavy atom. The van der Waals surface area contributed by atoms with Gasteiger partial charge in [0.1, 0.15) is 5.66 Å². The minimum Gasteiger partial charge on any atom is -0.333 e. The van der Waals surface area contributed by atoms with E-state index >= 15 is 0 Å². The molecule has 0 atom stereocenters. The Hall–Kier alpha value is -1.06. The number of amides is 2. The maximum absolute atomic E-state index is 11.7. The molecule has 1 spiro atoms. The highest BCUT2D eigenvalue weighted by molar-refractivity contribution is 5.90. The SMILES string of the molecule is CC1(C)CC2(CC(C)(C)C(=O)N2)NC1=O. The monoisotopic (exact) mass is 210 g/mol. The van der Waals surface area contributed by atoms with Gasteiger partial charge in [0.2, 0.25) is 11.8 Å². The van der Waals surface area contributed by atoms with Crippen LogP contribution in [0.3, 0.4) is 0 Å². The van der Waals surface area contributed by atoms with Gasteiger partial charge in [0, 0.05) is 23.7 Å². The zero-order valence-corrected chi connectivity index (χ0v) is 9.73. The molecule has 0 unspecified atom stereocenters. The second kappa shape index (κ2) is 2.54. The van der Waals surface area contributed by atoms with Crippen LogP contribution in [0.25, 0.3) is 0 Å². The van der Waals surface area contributed by atoms with Crippen molar-refractivity contribution < 1.29 is 9.59 Å². The summed E-state index contributed by atoms with van der Waals surface area (Å²) in [6.45, 7) is 7.65. The topological polar surface area (TPSA) is 58.2 Å². The molecule has 2 aliphatic rings. The lowest BCUT2D eigenvalue weighted by molar-refractivity contribution is -0.126. The van der Waals surface area contributed by atoms with Crippen molar-refractivity contribution in [2.75, 3.05) is 0 Å². The standard InChI is InChI=1S/C11H18N2O2/c1-9(2)5-11(12-7(9)14)6-10(3,4)8(15)13-11/h5-6H2,1-4H3,(H,12,14)(H,13,15). The molecule has 2 amide bonds. The van der Waals surface area contributed by atoms with Crippen LogP contribution >= 0.6 is 0 Å². The highest BCUT2D eigenvalue weighted by Gasteiger charge is 2.57. The second-order valence-electron chi connectivity index (χ2n) is 6.11. The van der Waals surface area contributed by atoms with Crippen LogP contribution in [-0.4, -0.2) is 17.5 Å². The van der Waals surface area contributed by atoms with E-state index in [2.05, 4.69) is 10.6 Å². The Morgan fingerprint density at radius 1 is 0.867 bits per heavy atom. The molecule has 0 saturated carbocycles. The molecule has 2 aliphatic heterocycles. The van der Waals surface area contributed by atoms with E-state index in [1.165, 1.54) is 0 Å². The summed E-state index contributed by atoms with van der Waals surface area (Å²) in [7, 11) is 0. The summed E-state index contributed by atoms with van der Waals surface area (Å²) >= 11 is 0. The van der Waals surface area contributed by atoms with E-state index in [4.69, 9.17) is 0 Å². The summed E-state index contributed by atoms with van der Waals surface area (Å²) < 4.78 is 0. The van der Waals surface area contributed by atoms with Crippen molar-refractivity contribution in [3.05, 3.63) is 0 Å². The molecular formula is C11H18N2O2. The molecule has 4 nitrogen and oxygen atoms in total. The molecule has 0 bridgehead atoms. The van der Waals surface area contributed by atoms with Crippen molar-refractivity contribution in [1.82, 2.24) is 10.6 Å². The van der Waals surface area contributed by atoms with Crippen molar-refractivity contribution in [3.8, 4) is 0 Å². The number of carbonyl (C=O) groups is 2. The molecule has 2 N–H and O–H groups in total. The van der Waals surface area contributed by atoms with Crippen molar-refractivity contribution in [3.63, 3.8) is 0 Å². The minimum absolute atomic E-state index is 0.0282. The third-order valence-corrected chi connectivity index (χ3v) is 3.42. The zero-order chi connectivity index (χ0) is 11.5. The normalized spacial score (nSPS) is 30.4. The Morgan fingerprint density at radius 2 is 1.20 bits per heavy atom. The van der Waals surface area contributed by atoms with Crippen LogP contribution in [0.4, 0.5) is 0 Å². The third-order valence-electron chi connectivity index (χ3n) is 3.42. The Labute approximate surface area is 89.8 Å². The molecule has 15 heavy (non-hydrogen) atoms. The molecule has 84 valence electrons. The van der Waals surface area contributed by atoms with E-state index in [-0.39, 0.29) is 22.6 Å². The predicted molar refractivity (Wildman–Crippen MR) is 55.8 cm³/mol. The predicted octanol–water partition coefficient (Wildman–Crippen LogP) is 0.775. The fourth-order valence-electron chi connectivity index (χ4n) is 2.71. The fraction of sp³-hybridized carbons (Fsp3) is 0.818. The maximum atomic E-state index is 11.7. The lowest BCUT2D eigenvalue weighted by Gasteiger charge is -2.25. The largest absolute Gasteiger partial charge is 0.333 e. The van der Waals surface area contributed by atoms with Crippen LogP contribution < -0.4 is 10.6 Å². The summed E-state index contributed by atoms with van der Waals surface area (Å²) in [6, 6.07) is 0. The molecule has 2 rings (SSSR count).